The van der Waals surface area contributed by atoms with Gasteiger partial charge in [0.25, 0.3) is 0 Å². The van der Waals surface area contributed by atoms with Gasteiger partial charge in [0, 0.05) is 47.5 Å². The van der Waals surface area contributed by atoms with Crippen LogP contribution in [0.25, 0.3) is 17.3 Å². The number of anilines is 2. The van der Waals surface area contributed by atoms with E-state index < -0.39 is 0 Å². The lowest BCUT2D eigenvalue weighted by Crippen LogP contribution is -2.31. The smallest absolute Gasteiger partial charge is 0.141 e. The number of pyridine rings is 1. The molecule has 182 valence electrons. The Balaban J connectivity index is 1.60. The Morgan fingerprint density at radius 3 is 2.56 bits per heavy atom. The quantitative estimate of drug-likeness (QED) is 0.330. The molecule has 2 aliphatic heterocycles. The first-order valence-electron chi connectivity index (χ1n) is 12.3. The number of aromatic nitrogens is 1. The number of hydrogen-bond acceptors (Lipinski definition) is 5. The normalized spacial score (nSPS) is 15.9. The van der Waals surface area contributed by atoms with Crippen molar-refractivity contribution in [2.45, 2.75) is 32.6 Å². The predicted molar refractivity (Wildman–Crippen MR) is 151 cm³/mol. The van der Waals surface area contributed by atoms with Crippen LogP contribution in [0.4, 0.5) is 11.5 Å². The van der Waals surface area contributed by atoms with E-state index in [1.165, 1.54) is 5.56 Å². The highest BCUT2D eigenvalue weighted by Crippen LogP contribution is 2.34. The van der Waals surface area contributed by atoms with Crippen LogP contribution in [0.3, 0.4) is 0 Å². The number of nitrogens with one attached hydrogen (secondary N) is 2. The summed E-state index contributed by atoms with van der Waals surface area (Å²) in [7, 11) is 0. The van der Waals surface area contributed by atoms with Crippen LogP contribution in [0, 0.1) is 11.3 Å². The maximum absolute atomic E-state index is 9.05. The molecular weight excluding hydrogens is 442 g/mol. The molecule has 2 N–H and O–H groups in total. The number of benzene rings is 1. The molecule has 5 nitrogen and oxygen atoms in total. The lowest BCUT2D eigenvalue weighted by Gasteiger charge is -2.34. The SMILES string of the molecule is C=C(C#N)/C=C\C(=C/C)c1cc2c(c(Nc3ccc(C4CCN(C(=C)C)CC4)cc3)n1)C(=C)NC=C2. The summed E-state index contributed by atoms with van der Waals surface area (Å²) in [5.41, 5.74) is 8.38. The van der Waals surface area contributed by atoms with Crippen molar-refractivity contribution in [1.29, 1.82) is 5.26 Å². The monoisotopic (exact) mass is 475 g/mol. The van der Waals surface area contributed by atoms with Crippen LogP contribution in [0.5, 0.6) is 0 Å². The summed E-state index contributed by atoms with van der Waals surface area (Å²) in [6, 6.07) is 12.8. The second kappa shape index (κ2) is 11.0. The zero-order valence-corrected chi connectivity index (χ0v) is 21.1. The average molecular weight is 476 g/mol. The summed E-state index contributed by atoms with van der Waals surface area (Å²) in [4.78, 5) is 7.32. The number of nitriles is 1. The fraction of sp³-hybridized carbons (Fsp3) is 0.226. The van der Waals surface area contributed by atoms with E-state index in [4.69, 9.17) is 10.2 Å². The highest BCUT2D eigenvalue weighted by Gasteiger charge is 2.21. The minimum absolute atomic E-state index is 0.397. The Morgan fingerprint density at radius 1 is 1.19 bits per heavy atom. The first-order valence-corrected chi connectivity index (χ1v) is 12.3. The standard InChI is InChI=1S/C31H33N5/c1-6-24(8-7-22(4)20-32)29-19-27-13-16-33-23(5)30(27)31(35-29)34-28-11-9-25(10-12-28)26-14-17-36(18-15-26)21(2)3/h6-13,16,19,26,33H,2,4-5,14-15,17-18H2,1,3H3,(H,34,35)/b8-7-,24-6+. The van der Waals surface area contributed by atoms with Gasteiger partial charge in [-0.2, -0.15) is 5.26 Å². The zero-order chi connectivity index (χ0) is 25.7. The van der Waals surface area contributed by atoms with Crippen LogP contribution < -0.4 is 10.6 Å². The molecule has 1 aromatic heterocycles. The largest absolute Gasteiger partial charge is 0.375 e. The predicted octanol–water partition coefficient (Wildman–Crippen LogP) is 7.12. The molecule has 1 aromatic carbocycles. The Hall–Kier alpha value is -4.30. The number of piperidine rings is 1. The third-order valence-corrected chi connectivity index (χ3v) is 6.77. The van der Waals surface area contributed by atoms with E-state index in [9.17, 15) is 0 Å². The van der Waals surface area contributed by atoms with Crippen molar-refractivity contribution in [3.63, 3.8) is 0 Å². The molecule has 4 rings (SSSR count). The second-order valence-electron chi connectivity index (χ2n) is 9.23. The van der Waals surface area contributed by atoms with Gasteiger partial charge in [-0.15, -0.1) is 0 Å². The van der Waals surface area contributed by atoms with Crippen LogP contribution in [0.2, 0.25) is 0 Å². The van der Waals surface area contributed by atoms with Crippen molar-refractivity contribution >= 4 is 28.9 Å². The number of rotatable bonds is 7. The van der Waals surface area contributed by atoms with Crippen molar-refractivity contribution in [1.82, 2.24) is 15.2 Å². The number of nitrogens with zero attached hydrogens (tertiary/aromatic N) is 3. The molecule has 0 unspecified atom stereocenters. The maximum Gasteiger partial charge on any atom is 0.141 e. The number of hydrogen-bond donors (Lipinski definition) is 2. The summed E-state index contributed by atoms with van der Waals surface area (Å²) in [5.74, 6) is 1.31. The van der Waals surface area contributed by atoms with Crippen molar-refractivity contribution < 1.29 is 0 Å². The minimum Gasteiger partial charge on any atom is -0.375 e. The van der Waals surface area contributed by atoms with Crippen LogP contribution in [0.1, 0.15) is 55.0 Å². The molecule has 0 bridgehead atoms. The molecule has 2 aliphatic rings. The van der Waals surface area contributed by atoms with E-state index in [1.807, 2.05) is 37.4 Å². The molecule has 36 heavy (non-hydrogen) atoms. The van der Waals surface area contributed by atoms with Crippen molar-refractivity contribution in [3.05, 3.63) is 108 Å². The molecule has 3 heterocycles. The first kappa shape index (κ1) is 24.8. The van der Waals surface area contributed by atoms with Crippen LogP contribution in [-0.4, -0.2) is 23.0 Å². The Labute approximate surface area is 214 Å². The van der Waals surface area contributed by atoms with Gasteiger partial charge < -0.3 is 15.5 Å². The molecule has 0 spiro atoms. The van der Waals surface area contributed by atoms with Gasteiger partial charge in [-0.05, 0) is 79.7 Å². The highest BCUT2D eigenvalue weighted by molar-refractivity contribution is 5.87. The van der Waals surface area contributed by atoms with Crippen molar-refractivity contribution in [2.75, 3.05) is 18.4 Å². The third kappa shape index (κ3) is 5.50. The van der Waals surface area contributed by atoms with Gasteiger partial charge in [-0.1, -0.05) is 44.0 Å². The molecule has 0 saturated carbocycles. The van der Waals surface area contributed by atoms with E-state index >= 15 is 0 Å². The first-order chi connectivity index (χ1) is 17.4. The topological polar surface area (TPSA) is 64.0 Å². The number of allylic oxidation sites excluding steroid dienone is 6. The lowest BCUT2D eigenvalue weighted by atomic mass is 9.89. The van der Waals surface area contributed by atoms with Gasteiger partial charge in [-0.25, -0.2) is 4.98 Å². The molecule has 0 atom stereocenters. The van der Waals surface area contributed by atoms with Crippen LogP contribution in [0.15, 0.2) is 85.8 Å². The Morgan fingerprint density at radius 2 is 1.92 bits per heavy atom. The van der Waals surface area contributed by atoms with Crippen LogP contribution in [-0.2, 0) is 0 Å². The van der Waals surface area contributed by atoms with Gasteiger partial charge in [0.2, 0.25) is 0 Å². The highest BCUT2D eigenvalue weighted by atomic mass is 15.1. The molecule has 1 saturated heterocycles. The summed E-state index contributed by atoms with van der Waals surface area (Å²) in [6.45, 7) is 18.2. The van der Waals surface area contributed by atoms with Gasteiger partial charge >= 0.3 is 0 Å². The summed E-state index contributed by atoms with van der Waals surface area (Å²) < 4.78 is 0. The van der Waals surface area contributed by atoms with Gasteiger partial charge in [0.05, 0.1) is 11.8 Å². The minimum atomic E-state index is 0.397. The van der Waals surface area contributed by atoms with Gasteiger partial charge in [-0.3, -0.25) is 0 Å². The second-order valence-corrected chi connectivity index (χ2v) is 9.23. The molecule has 0 aliphatic carbocycles. The van der Waals surface area contributed by atoms with E-state index in [1.54, 1.807) is 6.08 Å². The molecule has 2 aromatic rings. The van der Waals surface area contributed by atoms with Crippen LogP contribution >= 0.6 is 0 Å². The summed E-state index contributed by atoms with van der Waals surface area (Å²) in [5, 5.41) is 15.8. The van der Waals surface area contributed by atoms with E-state index in [0.717, 1.165) is 71.2 Å². The van der Waals surface area contributed by atoms with E-state index in [2.05, 4.69) is 72.5 Å². The molecule has 0 radical (unpaired) electrons. The fourth-order valence-electron chi connectivity index (χ4n) is 4.68. The average Bonchev–Trinajstić information content (AvgIpc) is 2.89. The van der Waals surface area contributed by atoms with Gasteiger partial charge in [0.15, 0.2) is 0 Å². The fourth-order valence-corrected chi connectivity index (χ4v) is 4.68. The molecule has 0 amide bonds. The molecule has 5 heteroatoms. The van der Waals surface area contributed by atoms with E-state index in [-0.39, 0.29) is 0 Å². The molecular formula is C31H33N5. The van der Waals surface area contributed by atoms with Crippen molar-refractivity contribution in [3.8, 4) is 6.07 Å². The third-order valence-electron chi connectivity index (χ3n) is 6.77. The molecule has 1 fully saturated rings. The van der Waals surface area contributed by atoms with Gasteiger partial charge in [0.1, 0.15) is 5.82 Å². The Bertz CT molecular complexity index is 1310. The lowest BCUT2D eigenvalue weighted by molar-refractivity contribution is 0.264. The number of fused-ring (bicyclic) bond motifs is 1. The maximum atomic E-state index is 9.05. The summed E-state index contributed by atoms with van der Waals surface area (Å²) >= 11 is 0. The number of likely N-dealkylation sites (tertiary alicyclic amines) is 1. The van der Waals surface area contributed by atoms with Crippen molar-refractivity contribution in [2.24, 2.45) is 0 Å². The van der Waals surface area contributed by atoms with E-state index in [0.29, 0.717) is 11.5 Å². The summed E-state index contributed by atoms with van der Waals surface area (Å²) in [6.07, 6.45) is 11.8. The Kier molecular flexibility index (Phi) is 7.56. The zero-order valence-electron chi connectivity index (χ0n) is 21.1.